The van der Waals surface area contributed by atoms with Gasteiger partial charge in [0.05, 0.1) is 88.9 Å². The summed E-state index contributed by atoms with van der Waals surface area (Å²) in [7, 11) is -4.36. The first-order valence-corrected chi connectivity index (χ1v) is 27.7. The van der Waals surface area contributed by atoms with E-state index in [0.29, 0.717) is 113 Å². The SMILES string of the molecule is CCOCCOCCOCCNC(=O)c1ccc2c3ccc(C(=O)NCCOCCOCCOCCN=[N+]=[N-])cc3n(CCCNC(=O)CCCCC(CS(=O)(=O)c3ccc(C(F)(F)F)cc3)OC(=O)ON3C(=O)CCC3=O)c2c1. The molecule has 438 valence electrons. The average molecular weight is 1150 g/mol. The molecule has 80 heavy (non-hydrogen) atoms. The molecule has 0 aliphatic carbocycles. The number of alkyl halides is 3. The molecule has 1 aliphatic heterocycles. The summed E-state index contributed by atoms with van der Waals surface area (Å²) in [5, 5.41) is 13.8. The quantitative estimate of drug-likeness (QED) is 0.0119. The zero-order chi connectivity index (χ0) is 57.8. The number of unbranched alkanes of at least 4 members (excludes halogenated alkanes) is 1. The second-order valence-corrected chi connectivity index (χ2v) is 19.8. The Morgan fingerprint density at radius 2 is 1.21 bits per heavy atom. The Balaban J connectivity index is 1.17. The summed E-state index contributed by atoms with van der Waals surface area (Å²) in [5.74, 6) is -3.55. The highest BCUT2D eigenvalue weighted by atomic mass is 32.2. The number of aromatic nitrogens is 1. The van der Waals surface area contributed by atoms with Crippen LogP contribution in [0.2, 0.25) is 0 Å². The van der Waals surface area contributed by atoms with E-state index in [1.165, 1.54) is 0 Å². The normalized spacial score (nSPS) is 13.1. The molecule has 0 radical (unpaired) electrons. The lowest BCUT2D eigenvalue weighted by molar-refractivity contribution is -0.178. The van der Waals surface area contributed by atoms with Crippen molar-refractivity contribution in [1.82, 2.24) is 25.6 Å². The molecule has 0 spiro atoms. The molecule has 5 amide bonds. The number of fused-ring (bicyclic) bond motifs is 3. The lowest BCUT2D eigenvalue weighted by atomic mass is 10.1. The second-order valence-electron chi connectivity index (χ2n) is 17.8. The largest absolute Gasteiger partial charge is 0.534 e. The number of hydrogen-bond donors (Lipinski definition) is 3. The van der Waals surface area contributed by atoms with Crippen LogP contribution in [0.1, 0.15) is 78.1 Å². The molecule has 1 aromatic heterocycles. The summed E-state index contributed by atoms with van der Waals surface area (Å²) < 4.78 is 106. The van der Waals surface area contributed by atoms with Crippen molar-refractivity contribution in [3.05, 3.63) is 87.8 Å². The minimum absolute atomic E-state index is 0.0320. The lowest BCUT2D eigenvalue weighted by Gasteiger charge is -2.19. The summed E-state index contributed by atoms with van der Waals surface area (Å²) >= 11 is 0. The number of hydrogen-bond acceptors (Lipinski definition) is 17. The first-order valence-electron chi connectivity index (χ1n) is 26.0. The van der Waals surface area contributed by atoms with Gasteiger partial charge in [-0.05, 0) is 86.7 Å². The minimum atomic E-state index is -4.72. The zero-order valence-corrected chi connectivity index (χ0v) is 45.2. The summed E-state index contributed by atoms with van der Waals surface area (Å²) in [5.41, 5.74) is 9.37. The number of sulfone groups is 1. The van der Waals surface area contributed by atoms with Crippen molar-refractivity contribution in [2.75, 3.05) is 111 Å². The molecular weight excluding hydrogens is 1080 g/mol. The monoisotopic (exact) mass is 1150 g/mol. The van der Waals surface area contributed by atoms with Gasteiger partial charge in [-0.2, -0.15) is 13.2 Å². The predicted molar refractivity (Wildman–Crippen MR) is 281 cm³/mol. The van der Waals surface area contributed by atoms with E-state index < -0.39 is 56.3 Å². The molecule has 3 N–H and O–H groups in total. The minimum Gasteiger partial charge on any atom is -0.428 e. The number of rotatable bonds is 38. The van der Waals surface area contributed by atoms with Gasteiger partial charge in [-0.3, -0.25) is 28.8 Å². The van der Waals surface area contributed by atoms with Crippen LogP contribution < -0.4 is 16.0 Å². The van der Waals surface area contributed by atoms with Crippen LogP contribution in [0.15, 0.2) is 70.7 Å². The van der Waals surface area contributed by atoms with Crippen LogP contribution in [0.5, 0.6) is 0 Å². The van der Waals surface area contributed by atoms with E-state index in [9.17, 15) is 50.4 Å². The van der Waals surface area contributed by atoms with Crippen molar-refractivity contribution in [2.45, 2.75) is 75.6 Å². The number of amides is 5. The molecule has 5 rings (SSSR count). The van der Waals surface area contributed by atoms with Crippen molar-refractivity contribution in [3.63, 3.8) is 0 Å². The van der Waals surface area contributed by atoms with Crippen LogP contribution in [0, 0.1) is 0 Å². The van der Waals surface area contributed by atoms with Gasteiger partial charge in [0.1, 0.15) is 6.10 Å². The number of hydroxylamine groups is 2. The smallest absolute Gasteiger partial charge is 0.428 e. The Kier molecular flexibility index (Phi) is 26.9. The van der Waals surface area contributed by atoms with E-state index in [4.69, 9.17) is 43.5 Å². The Morgan fingerprint density at radius 3 is 1.74 bits per heavy atom. The Labute approximate surface area is 459 Å². The van der Waals surface area contributed by atoms with Crippen LogP contribution in [-0.2, 0) is 74.9 Å². The standard InChI is InChI=1S/C52H67F3N8O16S/c1-2-72-26-27-76-31-28-73-23-19-58-49(67)37-8-14-42-43-15-9-38(50(68)59-20-24-74-29-32-77-33-30-75-25-21-60-61-56)35-45(43)62(44(42)34-37)22-5-18-57-46(64)7-4-3-6-40(78-51(69)79-63-47(65)16-17-48(63)66)36-80(70,71)41-12-10-39(11-13-41)52(53,54)55/h8-15,34-35,40H,2-7,16-33,36H2,1H3,(H,57,64)(H,58,67)(H,59,68). The zero-order valence-electron chi connectivity index (χ0n) is 44.3. The highest BCUT2D eigenvalue weighted by molar-refractivity contribution is 7.91. The van der Waals surface area contributed by atoms with Gasteiger partial charge in [0.25, 0.3) is 23.6 Å². The highest BCUT2D eigenvalue weighted by Gasteiger charge is 2.35. The lowest BCUT2D eigenvalue weighted by Crippen LogP contribution is -2.35. The van der Waals surface area contributed by atoms with Crippen LogP contribution in [-0.4, -0.2) is 171 Å². The summed E-state index contributed by atoms with van der Waals surface area (Å²) in [4.78, 5) is 83.5. The molecule has 28 heteroatoms. The van der Waals surface area contributed by atoms with Gasteiger partial charge in [-0.1, -0.05) is 22.3 Å². The molecular formula is C52H67F3N8O16S. The molecule has 1 unspecified atom stereocenters. The van der Waals surface area contributed by atoms with E-state index in [1.807, 2.05) is 23.6 Å². The van der Waals surface area contributed by atoms with Gasteiger partial charge >= 0.3 is 12.3 Å². The van der Waals surface area contributed by atoms with Gasteiger partial charge in [0.15, 0.2) is 9.84 Å². The number of azide groups is 1. The molecule has 4 aromatic rings. The molecule has 1 fully saturated rings. The fourth-order valence-corrected chi connectivity index (χ4v) is 9.51. The number of halogens is 3. The van der Waals surface area contributed by atoms with Gasteiger partial charge in [-0.25, -0.2) is 13.2 Å². The Morgan fingerprint density at radius 1 is 0.688 bits per heavy atom. The highest BCUT2D eigenvalue weighted by Crippen LogP contribution is 2.32. The predicted octanol–water partition coefficient (Wildman–Crippen LogP) is 5.83. The third-order valence-corrected chi connectivity index (χ3v) is 13.8. The number of carbonyl (C=O) groups excluding carboxylic acids is 6. The third-order valence-electron chi connectivity index (χ3n) is 12.0. The average Bonchev–Trinajstić information content (AvgIpc) is 4.13. The fourth-order valence-electron chi connectivity index (χ4n) is 8.04. The third kappa shape index (κ3) is 21.3. The van der Waals surface area contributed by atoms with Crippen molar-refractivity contribution < 1.29 is 88.4 Å². The molecule has 1 saturated heterocycles. The van der Waals surface area contributed by atoms with E-state index in [-0.39, 0.29) is 101 Å². The van der Waals surface area contributed by atoms with E-state index in [1.54, 1.807) is 24.3 Å². The molecule has 1 aliphatic rings. The van der Waals surface area contributed by atoms with E-state index in [2.05, 4.69) is 26.0 Å². The second kappa shape index (κ2) is 33.6. The first-order chi connectivity index (χ1) is 38.5. The van der Waals surface area contributed by atoms with Gasteiger partial charge in [0, 0.05) is 96.4 Å². The Bertz CT molecular complexity index is 2830. The first kappa shape index (κ1) is 63.9. The number of aryl methyl sites for hydroxylation is 1. The number of carbonyl (C=O) groups is 6. The molecule has 0 saturated carbocycles. The van der Waals surface area contributed by atoms with Crippen LogP contribution >= 0.6 is 0 Å². The summed E-state index contributed by atoms with van der Waals surface area (Å²) in [6, 6.07) is 13.3. The summed E-state index contributed by atoms with van der Waals surface area (Å²) in [6.07, 6.45) is -7.63. The molecule has 0 bridgehead atoms. The fraction of sp³-hybridized carbons (Fsp3) is 0.538. The van der Waals surface area contributed by atoms with Gasteiger partial charge in [-0.15, -0.1) is 0 Å². The number of nitrogens with one attached hydrogen (secondary N) is 3. The van der Waals surface area contributed by atoms with Crippen LogP contribution in [0.25, 0.3) is 32.2 Å². The van der Waals surface area contributed by atoms with Crippen molar-refractivity contribution in [1.29, 1.82) is 0 Å². The number of nitrogens with zero attached hydrogens (tertiary/aromatic N) is 5. The number of benzene rings is 3. The topological polar surface area (TPSA) is 303 Å². The molecule has 1 atom stereocenters. The van der Waals surface area contributed by atoms with Gasteiger partial charge < -0.3 is 53.7 Å². The molecule has 2 heterocycles. The molecule has 3 aromatic carbocycles. The maximum atomic E-state index is 13.4. The van der Waals surface area contributed by atoms with Crippen LogP contribution in [0.3, 0.4) is 0 Å². The maximum absolute atomic E-state index is 13.4. The van der Waals surface area contributed by atoms with Crippen molar-refractivity contribution in [2.24, 2.45) is 5.11 Å². The van der Waals surface area contributed by atoms with Crippen LogP contribution in [0.4, 0.5) is 18.0 Å². The van der Waals surface area contributed by atoms with Crippen molar-refractivity contribution in [3.8, 4) is 0 Å². The van der Waals surface area contributed by atoms with E-state index >= 15 is 0 Å². The summed E-state index contributed by atoms with van der Waals surface area (Å²) in [6.45, 7) is 7.48. The molecule has 24 nitrogen and oxygen atoms in total. The van der Waals surface area contributed by atoms with Gasteiger partial charge in [0.2, 0.25) is 5.91 Å². The maximum Gasteiger partial charge on any atom is 0.534 e. The van der Waals surface area contributed by atoms with E-state index in [0.717, 1.165) is 22.9 Å². The number of ether oxygens (including phenoxy) is 7. The Hall–Kier alpha value is -6.91. The number of imide groups is 1. The van der Waals surface area contributed by atoms with Crippen molar-refractivity contribution >= 4 is 67.3 Å².